The van der Waals surface area contributed by atoms with E-state index in [2.05, 4.69) is 5.32 Å². The standard InChI is InChI=1S/C16H19NO4/c1-10(15(19)17-16(2,3)4)20-12-7-5-11-6-8-14(18)21-13(11)9-12/h5-10H,1-4H3,(H,17,19)/t10-/m0/s1. The van der Waals surface area contributed by atoms with E-state index in [9.17, 15) is 9.59 Å². The number of fused-ring (bicyclic) bond motifs is 1. The lowest BCUT2D eigenvalue weighted by Crippen LogP contribution is -2.46. The molecule has 0 radical (unpaired) electrons. The van der Waals surface area contributed by atoms with E-state index in [4.69, 9.17) is 9.15 Å². The smallest absolute Gasteiger partial charge is 0.336 e. The Labute approximate surface area is 122 Å². The molecule has 0 unspecified atom stereocenters. The van der Waals surface area contributed by atoms with Crippen LogP contribution in [-0.4, -0.2) is 17.6 Å². The third-order valence-electron chi connectivity index (χ3n) is 2.77. The van der Waals surface area contributed by atoms with Crippen LogP contribution in [-0.2, 0) is 4.79 Å². The van der Waals surface area contributed by atoms with E-state index in [0.29, 0.717) is 11.3 Å². The van der Waals surface area contributed by atoms with Crippen molar-refractivity contribution in [3.63, 3.8) is 0 Å². The largest absolute Gasteiger partial charge is 0.481 e. The third-order valence-corrected chi connectivity index (χ3v) is 2.77. The third kappa shape index (κ3) is 4.08. The van der Waals surface area contributed by atoms with Crippen molar-refractivity contribution in [2.45, 2.75) is 39.3 Å². The minimum atomic E-state index is -0.642. The SMILES string of the molecule is C[C@H](Oc1ccc2ccc(=O)oc2c1)C(=O)NC(C)(C)C. The van der Waals surface area contributed by atoms with Crippen molar-refractivity contribution in [3.8, 4) is 5.75 Å². The van der Waals surface area contributed by atoms with Crippen molar-refractivity contribution < 1.29 is 13.9 Å². The highest BCUT2D eigenvalue weighted by Crippen LogP contribution is 2.20. The number of nitrogens with one attached hydrogen (secondary N) is 1. The first kappa shape index (κ1) is 15.1. The van der Waals surface area contributed by atoms with E-state index < -0.39 is 11.7 Å². The topological polar surface area (TPSA) is 68.5 Å². The average molecular weight is 289 g/mol. The Bertz CT molecular complexity index is 712. The van der Waals surface area contributed by atoms with Crippen LogP contribution in [0.15, 0.2) is 39.5 Å². The first-order valence-corrected chi connectivity index (χ1v) is 6.77. The summed E-state index contributed by atoms with van der Waals surface area (Å²) in [5.74, 6) is 0.283. The summed E-state index contributed by atoms with van der Waals surface area (Å²) in [6, 6.07) is 8.17. The molecule has 0 spiro atoms. The molecule has 5 nitrogen and oxygen atoms in total. The molecule has 1 aromatic carbocycles. The molecule has 1 amide bonds. The zero-order chi connectivity index (χ0) is 15.6. The highest BCUT2D eigenvalue weighted by molar-refractivity contribution is 5.82. The molecule has 0 saturated heterocycles. The van der Waals surface area contributed by atoms with Crippen molar-refractivity contribution >= 4 is 16.9 Å². The minimum Gasteiger partial charge on any atom is -0.481 e. The quantitative estimate of drug-likeness (QED) is 0.881. The van der Waals surface area contributed by atoms with Crippen molar-refractivity contribution in [2.75, 3.05) is 0 Å². The number of hydrogen-bond acceptors (Lipinski definition) is 4. The lowest BCUT2D eigenvalue weighted by Gasteiger charge is -2.23. The molecule has 0 aliphatic carbocycles. The van der Waals surface area contributed by atoms with Gasteiger partial charge in [-0.05, 0) is 45.9 Å². The summed E-state index contributed by atoms with van der Waals surface area (Å²) in [6.07, 6.45) is -0.642. The molecular weight excluding hydrogens is 270 g/mol. The van der Waals surface area contributed by atoms with Gasteiger partial charge in [0.15, 0.2) is 6.10 Å². The Morgan fingerprint density at radius 2 is 1.90 bits per heavy atom. The second-order valence-corrected chi connectivity index (χ2v) is 5.95. The van der Waals surface area contributed by atoms with Gasteiger partial charge in [0, 0.05) is 23.1 Å². The van der Waals surface area contributed by atoms with Crippen molar-refractivity contribution in [1.29, 1.82) is 0 Å². The molecule has 1 aromatic heterocycles. The lowest BCUT2D eigenvalue weighted by atomic mass is 10.1. The Morgan fingerprint density at radius 1 is 1.24 bits per heavy atom. The van der Waals surface area contributed by atoms with Gasteiger partial charge in [0.1, 0.15) is 11.3 Å². The van der Waals surface area contributed by atoms with Crippen LogP contribution in [0.3, 0.4) is 0 Å². The van der Waals surface area contributed by atoms with Crippen molar-refractivity contribution in [2.24, 2.45) is 0 Å². The number of carbonyl (C=O) groups is 1. The molecule has 0 aliphatic heterocycles. The minimum absolute atomic E-state index is 0.197. The number of amides is 1. The van der Waals surface area contributed by atoms with Crippen LogP contribution in [0.2, 0.25) is 0 Å². The Kier molecular flexibility index (Phi) is 4.02. The van der Waals surface area contributed by atoms with Gasteiger partial charge in [0.25, 0.3) is 5.91 Å². The predicted octanol–water partition coefficient (Wildman–Crippen LogP) is 2.48. The molecule has 0 aliphatic rings. The highest BCUT2D eigenvalue weighted by Gasteiger charge is 2.20. The Morgan fingerprint density at radius 3 is 2.57 bits per heavy atom. The van der Waals surface area contributed by atoms with Gasteiger partial charge in [0.2, 0.25) is 0 Å². The number of benzene rings is 1. The predicted molar refractivity (Wildman–Crippen MR) is 80.5 cm³/mol. The molecule has 5 heteroatoms. The van der Waals surface area contributed by atoms with Gasteiger partial charge in [-0.3, -0.25) is 4.79 Å². The maximum absolute atomic E-state index is 12.0. The van der Waals surface area contributed by atoms with E-state index in [-0.39, 0.29) is 11.4 Å². The summed E-state index contributed by atoms with van der Waals surface area (Å²) < 4.78 is 10.7. The summed E-state index contributed by atoms with van der Waals surface area (Å²) >= 11 is 0. The summed E-state index contributed by atoms with van der Waals surface area (Å²) in [5.41, 5.74) is -0.299. The van der Waals surface area contributed by atoms with Gasteiger partial charge in [-0.25, -0.2) is 4.79 Å². The van der Waals surface area contributed by atoms with Crippen LogP contribution < -0.4 is 15.7 Å². The highest BCUT2D eigenvalue weighted by atomic mass is 16.5. The van der Waals surface area contributed by atoms with Crippen LogP contribution in [0.5, 0.6) is 5.75 Å². The zero-order valence-electron chi connectivity index (χ0n) is 12.6. The van der Waals surface area contributed by atoms with E-state index in [1.165, 1.54) is 6.07 Å². The summed E-state index contributed by atoms with van der Waals surface area (Å²) in [6.45, 7) is 7.39. The number of rotatable bonds is 3. The van der Waals surface area contributed by atoms with Crippen LogP contribution in [0.4, 0.5) is 0 Å². The average Bonchev–Trinajstić information content (AvgIpc) is 2.36. The molecule has 0 fully saturated rings. The fourth-order valence-corrected chi connectivity index (χ4v) is 1.84. The fourth-order valence-electron chi connectivity index (χ4n) is 1.84. The maximum atomic E-state index is 12.0. The molecule has 2 aromatic rings. The molecule has 1 N–H and O–H groups in total. The van der Waals surface area contributed by atoms with E-state index in [1.807, 2.05) is 20.8 Å². The molecule has 2 rings (SSSR count). The van der Waals surface area contributed by atoms with E-state index >= 15 is 0 Å². The molecule has 0 saturated carbocycles. The van der Waals surface area contributed by atoms with Crippen LogP contribution >= 0.6 is 0 Å². The van der Waals surface area contributed by atoms with Gasteiger partial charge >= 0.3 is 5.63 Å². The van der Waals surface area contributed by atoms with Gasteiger partial charge in [-0.2, -0.15) is 0 Å². The van der Waals surface area contributed by atoms with Gasteiger partial charge in [-0.15, -0.1) is 0 Å². The number of carbonyl (C=O) groups excluding carboxylic acids is 1. The van der Waals surface area contributed by atoms with Gasteiger partial charge in [0.05, 0.1) is 0 Å². The molecule has 21 heavy (non-hydrogen) atoms. The number of hydrogen-bond donors (Lipinski definition) is 1. The van der Waals surface area contributed by atoms with Crippen molar-refractivity contribution in [3.05, 3.63) is 40.8 Å². The molecular formula is C16H19NO4. The normalized spacial score (nSPS) is 13.0. The molecule has 1 heterocycles. The fraction of sp³-hybridized carbons (Fsp3) is 0.375. The van der Waals surface area contributed by atoms with Crippen LogP contribution in [0, 0.1) is 0 Å². The maximum Gasteiger partial charge on any atom is 0.336 e. The van der Waals surface area contributed by atoms with Gasteiger partial charge < -0.3 is 14.5 Å². The lowest BCUT2D eigenvalue weighted by molar-refractivity contribution is -0.128. The molecule has 112 valence electrons. The summed E-state index contributed by atoms with van der Waals surface area (Å²) in [4.78, 5) is 23.2. The molecule has 1 atom stereocenters. The van der Waals surface area contributed by atoms with Crippen LogP contribution in [0.25, 0.3) is 11.0 Å². The summed E-state index contributed by atoms with van der Waals surface area (Å²) in [7, 11) is 0. The Balaban J connectivity index is 2.15. The summed E-state index contributed by atoms with van der Waals surface area (Å²) in [5, 5.41) is 3.65. The first-order valence-electron chi connectivity index (χ1n) is 6.77. The number of ether oxygens (including phenoxy) is 1. The second kappa shape index (κ2) is 5.60. The van der Waals surface area contributed by atoms with Gasteiger partial charge in [-0.1, -0.05) is 0 Å². The zero-order valence-corrected chi connectivity index (χ0v) is 12.6. The molecule has 0 bridgehead atoms. The van der Waals surface area contributed by atoms with E-state index in [1.54, 1.807) is 31.2 Å². The van der Waals surface area contributed by atoms with Crippen molar-refractivity contribution in [1.82, 2.24) is 5.32 Å². The van der Waals surface area contributed by atoms with E-state index in [0.717, 1.165) is 5.39 Å². The van der Waals surface area contributed by atoms with Crippen LogP contribution in [0.1, 0.15) is 27.7 Å². The first-order chi connectivity index (χ1) is 9.74. The Hall–Kier alpha value is -2.30. The second-order valence-electron chi connectivity index (χ2n) is 5.95. The monoisotopic (exact) mass is 289 g/mol.